The highest BCUT2D eigenvalue weighted by Gasteiger charge is 2.26. The number of hydrogen-bond acceptors (Lipinski definition) is 3. The van der Waals surface area contributed by atoms with Crippen LogP contribution in [0.15, 0.2) is 48.5 Å². The van der Waals surface area contributed by atoms with Crippen LogP contribution in [0.2, 0.25) is 0 Å². The minimum absolute atomic E-state index is 0.0188. The Morgan fingerprint density at radius 1 is 1.10 bits per heavy atom. The van der Waals surface area contributed by atoms with Gasteiger partial charge in [0.25, 0.3) is 0 Å². The Morgan fingerprint density at radius 2 is 1.80 bits per heavy atom. The third-order valence-corrected chi connectivity index (χ3v) is 5.69. The highest BCUT2D eigenvalue weighted by molar-refractivity contribution is 7.99. The minimum Gasteiger partial charge on any atom is -0.354 e. The van der Waals surface area contributed by atoms with E-state index in [0.29, 0.717) is 17.9 Å². The first-order chi connectivity index (χ1) is 14.4. The first kappa shape index (κ1) is 23.9. The van der Waals surface area contributed by atoms with E-state index in [-0.39, 0.29) is 29.9 Å². The Labute approximate surface area is 181 Å². The second kappa shape index (κ2) is 12.3. The van der Waals surface area contributed by atoms with E-state index in [1.807, 2.05) is 6.92 Å². The van der Waals surface area contributed by atoms with Crippen LogP contribution in [0, 0.1) is 11.6 Å². The summed E-state index contributed by atoms with van der Waals surface area (Å²) in [6.45, 7) is 4.25. The Morgan fingerprint density at radius 3 is 2.47 bits per heavy atom. The molecule has 0 aliphatic heterocycles. The Kier molecular flexibility index (Phi) is 9.80. The predicted molar refractivity (Wildman–Crippen MR) is 117 cm³/mol. The van der Waals surface area contributed by atoms with Gasteiger partial charge in [0.05, 0.1) is 5.75 Å². The first-order valence-corrected chi connectivity index (χ1v) is 11.2. The fraction of sp³-hybridized carbons (Fsp3) is 0.391. The van der Waals surface area contributed by atoms with Crippen molar-refractivity contribution in [3.63, 3.8) is 0 Å². The number of unbranched alkanes of at least 4 members (excludes halogenated alkanes) is 1. The third kappa shape index (κ3) is 7.44. The number of thioether (sulfide) groups is 1. The molecule has 0 unspecified atom stereocenters. The summed E-state index contributed by atoms with van der Waals surface area (Å²) in [6.07, 6.45) is 1.81. The van der Waals surface area contributed by atoms with Crippen molar-refractivity contribution >= 4 is 23.6 Å². The molecule has 30 heavy (non-hydrogen) atoms. The summed E-state index contributed by atoms with van der Waals surface area (Å²) in [6, 6.07) is 11.6. The van der Waals surface area contributed by atoms with Gasteiger partial charge < -0.3 is 10.2 Å². The minimum atomic E-state index is -0.722. The summed E-state index contributed by atoms with van der Waals surface area (Å²) in [7, 11) is 0. The molecule has 2 aromatic rings. The molecule has 7 heteroatoms. The molecule has 0 heterocycles. The van der Waals surface area contributed by atoms with Gasteiger partial charge in [0.1, 0.15) is 17.7 Å². The van der Waals surface area contributed by atoms with Crippen molar-refractivity contribution < 1.29 is 18.4 Å². The largest absolute Gasteiger partial charge is 0.354 e. The number of carbonyl (C=O) groups excluding carboxylic acids is 2. The second-order valence-electron chi connectivity index (χ2n) is 7.05. The molecule has 0 radical (unpaired) electrons. The zero-order valence-corrected chi connectivity index (χ0v) is 18.2. The van der Waals surface area contributed by atoms with E-state index in [2.05, 4.69) is 5.32 Å². The zero-order valence-electron chi connectivity index (χ0n) is 17.4. The quantitative estimate of drug-likeness (QED) is 0.529. The molecule has 2 rings (SSSR count). The lowest BCUT2D eigenvalue weighted by Gasteiger charge is -2.29. The maximum absolute atomic E-state index is 14.2. The highest BCUT2D eigenvalue weighted by atomic mass is 32.2. The van der Waals surface area contributed by atoms with Crippen LogP contribution in [0.4, 0.5) is 8.78 Å². The molecule has 1 N–H and O–H groups in total. The Bertz CT molecular complexity index is 830. The number of nitrogens with zero attached hydrogens (tertiary/aromatic N) is 1. The van der Waals surface area contributed by atoms with E-state index in [9.17, 15) is 18.4 Å². The number of hydrogen-bond donors (Lipinski definition) is 1. The molecule has 2 aromatic carbocycles. The van der Waals surface area contributed by atoms with Crippen LogP contribution >= 0.6 is 11.8 Å². The average Bonchev–Trinajstić information content (AvgIpc) is 2.74. The summed E-state index contributed by atoms with van der Waals surface area (Å²) >= 11 is 1.37. The molecule has 0 saturated heterocycles. The summed E-state index contributed by atoms with van der Waals surface area (Å²) in [4.78, 5) is 26.9. The molecule has 0 aromatic heterocycles. The van der Waals surface area contributed by atoms with Crippen LogP contribution in [-0.4, -0.2) is 35.1 Å². The van der Waals surface area contributed by atoms with Gasteiger partial charge in [-0.05, 0) is 37.1 Å². The highest BCUT2D eigenvalue weighted by Crippen LogP contribution is 2.17. The lowest BCUT2D eigenvalue weighted by atomic mass is 10.1. The van der Waals surface area contributed by atoms with Gasteiger partial charge in [0, 0.05) is 24.4 Å². The van der Waals surface area contributed by atoms with E-state index in [4.69, 9.17) is 0 Å². The topological polar surface area (TPSA) is 49.4 Å². The van der Waals surface area contributed by atoms with Crippen molar-refractivity contribution in [3.8, 4) is 0 Å². The van der Waals surface area contributed by atoms with E-state index in [1.165, 1.54) is 34.9 Å². The lowest BCUT2D eigenvalue weighted by molar-refractivity contribution is -0.138. The number of nitrogens with one attached hydrogen (secondary N) is 1. The molecule has 4 nitrogen and oxygen atoms in total. The van der Waals surface area contributed by atoms with Gasteiger partial charge in [-0.25, -0.2) is 8.78 Å². The van der Waals surface area contributed by atoms with Crippen LogP contribution in [-0.2, 0) is 21.9 Å². The Balaban J connectivity index is 2.04. The number of halogens is 2. The smallest absolute Gasteiger partial charge is 0.242 e. The molecular weight excluding hydrogens is 406 g/mol. The molecule has 0 aliphatic carbocycles. The van der Waals surface area contributed by atoms with Crippen LogP contribution in [0.1, 0.15) is 37.8 Å². The van der Waals surface area contributed by atoms with Crippen LogP contribution in [0.5, 0.6) is 0 Å². The monoisotopic (exact) mass is 434 g/mol. The molecule has 2 amide bonds. The number of benzene rings is 2. The fourth-order valence-electron chi connectivity index (χ4n) is 2.85. The van der Waals surface area contributed by atoms with E-state index < -0.39 is 11.9 Å². The van der Waals surface area contributed by atoms with Gasteiger partial charge in [-0.3, -0.25) is 9.59 Å². The molecule has 1 atom stereocenters. The number of amides is 2. The van der Waals surface area contributed by atoms with Crippen LogP contribution in [0.25, 0.3) is 0 Å². The summed E-state index contributed by atoms with van der Waals surface area (Å²) < 4.78 is 27.2. The zero-order chi connectivity index (χ0) is 21.9. The Hall–Kier alpha value is -2.41. The molecular formula is C23H28F2N2O2S. The van der Waals surface area contributed by atoms with Crippen LogP contribution in [0.3, 0.4) is 0 Å². The molecule has 0 saturated carbocycles. The van der Waals surface area contributed by atoms with Crippen molar-refractivity contribution in [2.45, 2.75) is 45.0 Å². The number of rotatable bonds is 11. The summed E-state index contributed by atoms with van der Waals surface area (Å²) in [5.41, 5.74) is 1.27. The molecule has 0 fully saturated rings. The molecule has 0 spiro atoms. The first-order valence-electron chi connectivity index (χ1n) is 10.0. The summed E-state index contributed by atoms with van der Waals surface area (Å²) in [5.74, 6) is -0.540. The standard InChI is InChI=1S/C23H28F2N2O2S/c1-3-4-13-26-23(29)17(2)27(14-19-7-5-6-8-21(19)25)22(28)16-30-15-18-9-11-20(24)12-10-18/h5-12,17H,3-4,13-16H2,1-2H3,(H,26,29)/t17-/m0/s1. The van der Waals surface area contributed by atoms with Gasteiger partial charge in [-0.2, -0.15) is 0 Å². The average molecular weight is 435 g/mol. The lowest BCUT2D eigenvalue weighted by Crippen LogP contribution is -2.48. The fourth-order valence-corrected chi connectivity index (χ4v) is 3.72. The van der Waals surface area contributed by atoms with Crippen molar-refractivity contribution in [2.75, 3.05) is 12.3 Å². The second-order valence-corrected chi connectivity index (χ2v) is 8.04. The SMILES string of the molecule is CCCCNC(=O)[C@H](C)N(Cc1ccccc1F)C(=O)CSCc1ccc(F)cc1. The van der Waals surface area contributed by atoms with E-state index in [1.54, 1.807) is 37.3 Å². The molecule has 0 bridgehead atoms. The van der Waals surface area contributed by atoms with Crippen molar-refractivity contribution in [1.29, 1.82) is 0 Å². The normalized spacial score (nSPS) is 11.7. The van der Waals surface area contributed by atoms with Gasteiger partial charge in [0.2, 0.25) is 11.8 Å². The summed E-state index contributed by atoms with van der Waals surface area (Å²) in [5, 5.41) is 2.84. The van der Waals surface area contributed by atoms with E-state index in [0.717, 1.165) is 18.4 Å². The van der Waals surface area contributed by atoms with Crippen molar-refractivity contribution in [2.24, 2.45) is 0 Å². The maximum atomic E-state index is 14.2. The van der Waals surface area contributed by atoms with Gasteiger partial charge >= 0.3 is 0 Å². The predicted octanol–water partition coefficient (Wildman–Crippen LogP) is 4.53. The van der Waals surface area contributed by atoms with Crippen molar-refractivity contribution in [1.82, 2.24) is 10.2 Å². The molecule has 162 valence electrons. The van der Waals surface area contributed by atoms with E-state index >= 15 is 0 Å². The van der Waals surface area contributed by atoms with Crippen LogP contribution < -0.4 is 5.32 Å². The maximum Gasteiger partial charge on any atom is 0.242 e. The van der Waals surface area contributed by atoms with Gasteiger partial charge in [-0.15, -0.1) is 11.8 Å². The van der Waals surface area contributed by atoms with Gasteiger partial charge in [0.15, 0.2) is 0 Å². The van der Waals surface area contributed by atoms with Crippen molar-refractivity contribution in [3.05, 3.63) is 71.3 Å². The third-order valence-electron chi connectivity index (χ3n) is 4.70. The molecule has 0 aliphatic rings. The van der Waals surface area contributed by atoms with Gasteiger partial charge in [-0.1, -0.05) is 43.7 Å². The number of carbonyl (C=O) groups is 2.